The van der Waals surface area contributed by atoms with Crippen LogP contribution in [0, 0.1) is 0 Å². The van der Waals surface area contributed by atoms with E-state index in [-0.39, 0.29) is 13.0 Å². The summed E-state index contributed by atoms with van der Waals surface area (Å²) in [6, 6.07) is 14.3. The fraction of sp³-hybridized carbons (Fsp3) is 0.286. The number of amides is 2. The van der Waals surface area contributed by atoms with Crippen LogP contribution in [0.2, 0.25) is 0 Å². The second kappa shape index (κ2) is 10.1. The molecule has 1 heterocycles. The first-order chi connectivity index (χ1) is 14.5. The van der Waals surface area contributed by atoms with Crippen LogP contribution < -0.4 is 25.1 Å². The Labute approximate surface area is 173 Å². The van der Waals surface area contributed by atoms with Crippen molar-refractivity contribution in [3.05, 3.63) is 54.1 Å². The summed E-state index contributed by atoms with van der Waals surface area (Å²) < 4.78 is 21.0. The van der Waals surface area contributed by atoms with Gasteiger partial charge in [0.15, 0.2) is 18.1 Å². The van der Waals surface area contributed by atoms with Gasteiger partial charge in [-0.3, -0.25) is 25.2 Å². The highest BCUT2D eigenvalue weighted by Crippen LogP contribution is 2.30. The van der Waals surface area contributed by atoms with Crippen LogP contribution in [0.1, 0.15) is 12.0 Å². The predicted molar refractivity (Wildman–Crippen MR) is 105 cm³/mol. The summed E-state index contributed by atoms with van der Waals surface area (Å²) in [4.78, 5) is 35.7. The maximum absolute atomic E-state index is 12.1. The maximum Gasteiger partial charge on any atom is 0.306 e. The van der Waals surface area contributed by atoms with E-state index in [9.17, 15) is 14.4 Å². The first kappa shape index (κ1) is 21.0. The number of aryl methyl sites for hydroxylation is 1. The molecule has 3 rings (SSSR count). The molecule has 0 spiro atoms. The highest BCUT2D eigenvalue weighted by atomic mass is 16.6. The molecular weight excluding hydrogens is 392 g/mol. The van der Waals surface area contributed by atoms with E-state index in [1.807, 2.05) is 12.1 Å². The summed E-state index contributed by atoms with van der Waals surface area (Å²) in [5.41, 5.74) is 5.35. The first-order valence-electron chi connectivity index (χ1n) is 9.31. The molecule has 0 aliphatic carbocycles. The van der Waals surface area contributed by atoms with Crippen molar-refractivity contribution in [2.24, 2.45) is 0 Å². The molecule has 2 aromatic carbocycles. The molecule has 9 heteroatoms. The van der Waals surface area contributed by atoms with Crippen molar-refractivity contribution >= 4 is 17.8 Å². The van der Waals surface area contributed by atoms with Crippen molar-refractivity contribution in [1.29, 1.82) is 0 Å². The molecule has 0 radical (unpaired) electrons. The van der Waals surface area contributed by atoms with Crippen LogP contribution in [-0.2, 0) is 25.5 Å². The lowest BCUT2D eigenvalue weighted by Crippen LogP contribution is -2.51. The van der Waals surface area contributed by atoms with E-state index in [0.29, 0.717) is 17.9 Å². The minimum Gasteiger partial charge on any atom is -0.497 e. The third-order valence-electron chi connectivity index (χ3n) is 4.27. The Bertz CT molecular complexity index is 898. The summed E-state index contributed by atoms with van der Waals surface area (Å²) in [5, 5.41) is 0. The molecule has 2 amide bonds. The van der Waals surface area contributed by atoms with Crippen LogP contribution in [0.25, 0.3) is 0 Å². The van der Waals surface area contributed by atoms with Crippen LogP contribution in [-0.4, -0.2) is 44.2 Å². The number of rotatable bonds is 7. The number of nitrogens with one attached hydrogen (secondary N) is 2. The minimum absolute atomic E-state index is 0.0130. The molecule has 0 saturated heterocycles. The van der Waals surface area contributed by atoms with E-state index in [2.05, 4.69) is 10.9 Å². The zero-order valence-electron chi connectivity index (χ0n) is 16.4. The van der Waals surface area contributed by atoms with Crippen molar-refractivity contribution in [2.45, 2.75) is 18.9 Å². The second-order valence-electron chi connectivity index (χ2n) is 6.41. The van der Waals surface area contributed by atoms with E-state index >= 15 is 0 Å². The Balaban J connectivity index is 1.33. The average Bonchev–Trinajstić information content (AvgIpc) is 2.79. The number of carbonyl (C=O) groups excluding carboxylic acids is 3. The van der Waals surface area contributed by atoms with Gasteiger partial charge in [0.1, 0.15) is 12.4 Å². The molecule has 0 unspecified atom stereocenters. The van der Waals surface area contributed by atoms with Gasteiger partial charge in [-0.05, 0) is 36.2 Å². The summed E-state index contributed by atoms with van der Waals surface area (Å²) in [6.07, 6.45) is -0.312. The Morgan fingerprint density at radius 2 is 1.77 bits per heavy atom. The van der Waals surface area contributed by atoms with Gasteiger partial charge in [0.2, 0.25) is 6.10 Å². The highest BCUT2D eigenvalue weighted by molar-refractivity contribution is 5.86. The number of hydrogen-bond acceptors (Lipinski definition) is 7. The number of methoxy groups -OCH3 is 1. The van der Waals surface area contributed by atoms with Crippen molar-refractivity contribution in [3.8, 4) is 17.2 Å². The van der Waals surface area contributed by atoms with Gasteiger partial charge in [0, 0.05) is 6.42 Å². The number of fused-ring (bicyclic) bond motifs is 1. The predicted octanol–water partition coefficient (Wildman–Crippen LogP) is 1.16. The molecule has 0 fully saturated rings. The molecule has 0 saturated carbocycles. The van der Waals surface area contributed by atoms with Gasteiger partial charge >= 0.3 is 5.97 Å². The van der Waals surface area contributed by atoms with Gasteiger partial charge in [-0.15, -0.1) is 0 Å². The number of benzene rings is 2. The third-order valence-corrected chi connectivity index (χ3v) is 4.27. The van der Waals surface area contributed by atoms with Gasteiger partial charge < -0.3 is 18.9 Å². The monoisotopic (exact) mass is 414 g/mol. The minimum atomic E-state index is -0.910. The van der Waals surface area contributed by atoms with E-state index in [0.717, 1.165) is 11.3 Å². The fourth-order valence-electron chi connectivity index (χ4n) is 2.65. The number of ether oxygens (including phenoxy) is 4. The number of esters is 1. The third kappa shape index (κ3) is 5.87. The van der Waals surface area contributed by atoms with Gasteiger partial charge in [-0.1, -0.05) is 24.3 Å². The number of hydrogen-bond donors (Lipinski definition) is 2. The molecule has 158 valence electrons. The fourth-order valence-corrected chi connectivity index (χ4v) is 2.65. The van der Waals surface area contributed by atoms with Gasteiger partial charge in [0.05, 0.1) is 7.11 Å². The van der Waals surface area contributed by atoms with E-state index in [1.165, 1.54) is 0 Å². The SMILES string of the molecule is COc1ccc(CCC(=O)OCC(=O)NNC(=O)[C@H]2COc3ccccc3O2)cc1. The Morgan fingerprint density at radius 1 is 1.03 bits per heavy atom. The Kier molecular flexibility index (Phi) is 7.09. The lowest BCUT2D eigenvalue weighted by atomic mass is 10.1. The number of para-hydroxylation sites is 2. The zero-order valence-corrected chi connectivity index (χ0v) is 16.4. The summed E-state index contributed by atoms with van der Waals surface area (Å²) in [5.74, 6) is -0.0440. The molecule has 1 atom stereocenters. The summed E-state index contributed by atoms with van der Waals surface area (Å²) in [6.45, 7) is -0.494. The average molecular weight is 414 g/mol. The molecule has 1 aliphatic rings. The summed E-state index contributed by atoms with van der Waals surface area (Å²) >= 11 is 0. The van der Waals surface area contributed by atoms with Crippen molar-refractivity contribution in [2.75, 3.05) is 20.3 Å². The smallest absolute Gasteiger partial charge is 0.306 e. The Hall–Kier alpha value is -3.75. The van der Waals surface area contributed by atoms with Crippen LogP contribution in [0.15, 0.2) is 48.5 Å². The van der Waals surface area contributed by atoms with Gasteiger partial charge in [0.25, 0.3) is 11.8 Å². The van der Waals surface area contributed by atoms with Crippen molar-refractivity contribution < 1.29 is 33.3 Å². The molecule has 0 bridgehead atoms. The Morgan fingerprint density at radius 3 is 2.50 bits per heavy atom. The lowest BCUT2D eigenvalue weighted by molar-refractivity contribution is -0.149. The summed E-state index contributed by atoms with van der Waals surface area (Å²) in [7, 11) is 1.58. The number of carbonyl (C=O) groups is 3. The molecule has 30 heavy (non-hydrogen) atoms. The standard InChI is InChI=1S/C21H22N2O7/c1-27-15-9-6-14(7-10-15)8-11-20(25)29-13-19(24)22-23-21(26)18-12-28-16-4-2-3-5-17(16)30-18/h2-7,9-10,18H,8,11-13H2,1H3,(H,22,24)(H,23,26)/t18-/m1/s1. The van der Waals surface area contributed by atoms with Crippen LogP contribution in [0.3, 0.4) is 0 Å². The first-order valence-corrected chi connectivity index (χ1v) is 9.31. The van der Waals surface area contributed by atoms with Gasteiger partial charge in [-0.25, -0.2) is 0 Å². The number of hydrazine groups is 1. The van der Waals surface area contributed by atoms with Crippen LogP contribution >= 0.6 is 0 Å². The van der Waals surface area contributed by atoms with E-state index in [4.69, 9.17) is 18.9 Å². The molecule has 1 aliphatic heterocycles. The quantitative estimate of drug-likeness (QED) is 0.516. The maximum atomic E-state index is 12.1. The zero-order chi connectivity index (χ0) is 21.3. The molecular formula is C21H22N2O7. The van der Waals surface area contributed by atoms with Crippen LogP contribution in [0.5, 0.6) is 17.2 Å². The normalized spacial score (nSPS) is 14.4. The topological polar surface area (TPSA) is 112 Å². The molecule has 9 nitrogen and oxygen atoms in total. The highest BCUT2D eigenvalue weighted by Gasteiger charge is 2.27. The van der Waals surface area contributed by atoms with Gasteiger partial charge in [-0.2, -0.15) is 0 Å². The second-order valence-corrected chi connectivity index (χ2v) is 6.41. The van der Waals surface area contributed by atoms with E-state index < -0.39 is 30.5 Å². The van der Waals surface area contributed by atoms with Crippen molar-refractivity contribution in [3.63, 3.8) is 0 Å². The lowest BCUT2D eigenvalue weighted by Gasteiger charge is -2.25. The molecule has 2 aromatic rings. The molecule has 2 N–H and O–H groups in total. The largest absolute Gasteiger partial charge is 0.497 e. The van der Waals surface area contributed by atoms with Crippen molar-refractivity contribution in [1.82, 2.24) is 10.9 Å². The van der Waals surface area contributed by atoms with E-state index in [1.54, 1.807) is 43.5 Å². The van der Waals surface area contributed by atoms with Crippen LogP contribution in [0.4, 0.5) is 0 Å². The molecule has 0 aromatic heterocycles.